The molecule has 0 aromatic heterocycles. The first kappa shape index (κ1) is 22.4. The summed E-state index contributed by atoms with van der Waals surface area (Å²) < 4.78 is 27.2. The van der Waals surface area contributed by atoms with E-state index in [4.69, 9.17) is 0 Å². The number of nitriles is 1. The van der Waals surface area contributed by atoms with Crippen molar-refractivity contribution in [2.24, 2.45) is 0 Å². The van der Waals surface area contributed by atoms with Crippen LogP contribution in [0.2, 0.25) is 0 Å². The molecule has 0 saturated heterocycles. The molecule has 0 rings (SSSR count). The van der Waals surface area contributed by atoms with Crippen molar-refractivity contribution in [3.63, 3.8) is 0 Å². The zero-order valence-electron chi connectivity index (χ0n) is 15.4. The number of hydrogen-bond donors (Lipinski definition) is 0. The van der Waals surface area contributed by atoms with Crippen molar-refractivity contribution < 1.29 is 8.42 Å². The lowest BCUT2D eigenvalue weighted by atomic mass is 10.1. The van der Waals surface area contributed by atoms with E-state index in [0.717, 1.165) is 64.2 Å². The molecule has 5 heteroatoms. The lowest BCUT2D eigenvalue weighted by Crippen LogP contribution is -2.39. The third kappa shape index (κ3) is 9.32. The second kappa shape index (κ2) is 13.8. The largest absolute Gasteiger partial charge is 0.230 e. The smallest absolute Gasteiger partial charge is 0.211 e. The molecule has 0 N–H and O–H groups in total. The van der Waals surface area contributed by atoms with Crippen LogP contribution in [0.5, 0.6) is 0 Å². The van der Waals surface area contributed by atoms with E-state index >= 15 is 0 Å². The second-order valence-electron chi connectivity index (χ2n) is 6.33. The highest BCUT2D eigenvalue weighted by molar-refractivity contribution is 7.90. The van der Waals surface area contributed by atoms with Crippen molar-refractivity contribution in [3.8, 4) is 6.07 Å². The van der Waals surface area contributed by atoms with Crippen molar-refractivity contribution in [1.82, 2.24) is 4.31 Å². The fourth-order valence-electron chi connectivity index (χ4n) is 2.66. The maximum Gasteiger partial charge on any atom is 0.230 e. The molecule has 136 valence electrons. The van der Waals surface area contributed by atoms with Gasteiger partial charge in [-0.25, -0.2) is 12.7 Å². The average molecular weight is 345 g/mol. The standard InChI is InChI=1S/C18H36N2O2S/c1-4-7-10-11-14-18(17-19)23(21,22)20(15-12-8-5-2)16-13-9-6-3/h18H,4-16H2,1-3H3. The van der Waals surface area contributed by atoms with Crippen molar-refractivity contribution in [1.29, 1.82) is 5.26 Å². The Bertz CT molecular complexity index is 405. The Labute approximate surface area is 144 Å². The van der Waals surface area contributed by atoms with Gasteiger partial charge < -0.3 is 0 Å². The maximum atomic E-state index is 12.8. The lowest BCUT2D eigenvalue weighted by Gasteiger charge is -2.24. The molecule has 0 bridgehead atoms. The van der Waals surface area contributed by atoms with Crippen LogP contribution >= 0.6 is 0 Å². The molecular formula is C18H36N2O2S. The summed E-state index contributed by atoms with van der Waals surface area (Å²) in [6.45, 7) is 7.48. The first-order valence-corrected chi connectivity index (χ1v) is 10.9. The lowest BCUT2D eigenvalue weighted by molar-refractivity contribution is 0.384. The molecule has 0 aliphatic carbocycles. The van der Waals surface area contributed by atoms with Gasteiger partial charge in [-0.3, -0.25) is 0 Å². The molecule has 0 aromatic carbocycles. The molecule has 0 spiro atoms. The Morgan fingerprint density at radius 3 is 1.74 bits per heavy atom. The Morgan fingerprint density at radius 1 is 0.826 bits per heavy atom. The third-order valence-corrected chi connectivity index (χ3v) is 6.35. The van der Waals surface area contributed by atoms with Crippen LogP contribution in [-0.4, -0.2) is 31.1 Å². The molecule has 0 radical (unpaired) electrons. The molecule has 0 aromatic rings. The van der Waals surface area contributed by atoms with Gasteiger partial charge in [0.15, 0.2) is 5.25 Å². The van der Waals surface area contributed by atoms with Crippen molar-refractivity contribution in [2.45, 2.75) is 96.7 Å². The molecule has 0 aliphatic rings. The summed E-state index contributed by atoms with van der Waals surface area (Å²) in [5.74, 6) is 0. The van der Waals surface area contributed by atoms with Gasteiger partial charge in [-0.05, 0) is 19.3 Å². The highest BCUT2D eigenvalue weighted by atomic mass is 32.2. The summed E-state index contributed by atoms with van der Waals surface area (Å²) in [4.78, 5) is 0. The van der Waals surface area contributed by atoms with Gasteiger partial charge in [0.25, 0.3) is 0 Å². The van der Waals surface area contributed by atoms with Gasteiger partial charge >= 0.3 is 0 Å². The van der Waals surface area contributed by atoms with Crippen LogP contribution in [0.4, 0.5) is 0 Å². The fraction of sp³-hybridized carbons (Fsp3) is 0.944. The number of unbranched alkanes of at least 4 members (excludes halogenated alkanes) is 7. The van der Waals surface area contributed by atoms with E-state index in [2.05, 4.69) is 26.8 Å². The van der Waals surface area contributed by atoms with Gasteiger partial charge in [0.05, 0.1) is 6.07 Å². The summed E-state index contributed by atoms with van der Waals surface area (Å²) in [5, 5.41) is 8.48. The first-order valence-electron chi connectivity index (χ1n) is 9.43. The maximum absolute atomic E-state index is 12.8. The zero-order chi connectivity index (χ0) is 17.6. The normalized spacial score (nSPS) is 13.2. The topological polar surface area (TPSA) is 61.2 Å². The van der Waals surface area contributed by atoms with Gasteiger partial charge in [-0.15, -0.1) is 0 Å². The predicted molar refractivity (Wildman–Crippen MR) is 97.7 cm³/mol. The molecular weight excluding hydrogens is 308 g/mol. The molecule has 0 heterocycles. The molecule has 1 atom stereocenters. The Hall–Kier alpha value is -0.600. The van der Waals surface area contributed by atoms with Gasteiger partial charge in [-0.1, -0.05) is 72.1 Å². The zero-order valence-corrected chi connectivity index (χ0v) is 16.2. The first-order chi connectivity index (χ1) is 11.0. The van der Waals surface area contributed by atoms with Crippen LogP contribution in [-0.2, 0) is 10.0 Å². The fourth-order valence-corrected chi connectivity index (χ4v) is 4.38. The van der Waals surface area contributed by atoms with E-state index in [1.54, 1.807) is 4.31 Å². The summed E-state index contributed by atoms with van der Waals surface area (Å²) in [7, 11) is -3.49. The van der Waals surface area contributed by atoms with Crippen LogP contribution < -0.4 is 0 Å². The highest BCUT2D eigenvalue weighted by Gasteiger charge is 2.31. The van der Waals surface area contributed by atoms with E-state index < -0.39 is 15.3 Å². The Balaban J connectivity index is 4.77. The molecule has 4 nitrogen and oxygen atoms in total. The Morgan fingerprint density at radius 2 is 1.30 bits per heavy atom. The van der Waals surface area contributed by atoms with E-state index in [-0.39, 0.29) is 0 Å². The van der Waals surface area contributed by atoms with Crippen LogP contribution in [0.15, 0.2) is 0 Å². The third-order valence-electron chi connectivity index (χ3n) is 4.21. The highest BCUT2D eigenvalue weighted by Crippen LogP contribution is 2.18. The van der Waals surface area contributed by atoms with E-state index in [1.165, 1.54) is 0 Å². The van der Waals surface area contributed by atoms with Gasteiger partial charge in [0, 0.05) is 13.1 Å². The molecule has 0 saturated carbocycles. The minimum absolute atomic E-state index is 0.469. The quantitative estimate of drug-likeness (QED) is 0.398. The van der Waals surface area contributed by atoms with Gasteiger partial charge in [-0.2, -0.15) is 5.26 Å². The summed E-state index contributed by atoms with van der Waals surface area (Å²) in [6, 6.07) is 2.05. The van der Waals surface area contributed by atoms with Crippen molar-refractivity contribution in [3.05, 3.63) is 0 Å². The number of rotatable bonds is 15. The molecule has 23 heavy (non-hydrogen) atoms. The number of hydrogen-bond acceptors (Lipinski definition) is 3. The molecule has 0 fully saturated rings. The van der Waals surface area contributed by atoms with Crippen LogP contribution in [0, 0.1) is 11.3 Å². The molecule has 1 unspecified atom stereocenters. The minimum atomic E-state index is -3.49. The summed E-state index contributed by atoms with van der Waals surface area (Å²) in [6.07, 6.45) is 10.5. The van der Waals surface area contributed by atoms with Crippen LogP contribution in [0.1, 0.15) is 91.4 Å². The van der Waals surface area contributed by atoms with Crippen molar-refractivity contribution >= 4 is 10.0 Å². The van der Waals surface area contributed by atoms with Crippen LogP contribution in [0.25, 0.3) is 0 Å². The van der Waals surface area contributed by atoms with Crippen molar-refractivity contribution in [2.75, 3.05) is 13.1 Å². The van der Waals surface area contributed by atoms with E-state index in [1.807, 2.05) is 0 Å². The molecule has 0 amide bonds. The monoisotopic (exact) mass is 344 g/mol. The number of nitrogens with zero attached hydrogens (tertiary/aromatic N) is 2. The average Bonchev–Trinajstić information content (AvgIpc) is 2.53. The predicted octanol–water partition coefficient (Wildman–Crippen LogP) is 4.86. The SMILES string of the molecule is CCCCCCC(C#N)S(=O)(=O)N(CCCCC)CCCCC. The van der Waals surface area contributed by atoms with E-state index in [0.29, 0.717) is 19.5 Å². The van der Waals surface area contributed by atoms with E-state index in [9.17, 15) is 13.7 Å². The summed E-state index contributed by atoms with van der Waals surface area (Å²) >= 11 is 0. The van der Waals surface area contributed by atoms with Crippen LogP contribution in [0.3, 0.4) is 0 Å². The number of sulfonamides is 1. The summed E-state index contributed by atoms with van der Waals surface area (Å²) in [5.41, 5.74) is 0. The van der Waals surface area contributed by atoms with Gasteiger partial charge in [0.1, 0.15) is 0 Å². The minimum Gasteiger partial charge on any atom is -0.211 e. The van der Waals surface area contributed by atoms with Gasteiger partial charge in [0.2, 0.25) is 10.0 Å². The molecule has 0 aliphatic heterocycles. The Kier molecular flexibility index (Phi) is 13.4. The second-order valence-corrected chi connectivity index (χ2v) is 8.44.